The Labute approximate surface area is 96.0 Å². The van der Waals surface area contributed by atoms with Gasteiger partial charge in [0, 0.05) is 19.5 Å². The summed E-state index contributed by atoms with van der Waals surface area (Å²) in [6, 6.07) is 0. The first-order valence-electron chi connectivity index (χ1n) is 4.93. The van der Waals surface area contributed by atoms with Gasteiger partial charge in [0.25, 0.3) is 0 Å². The van der Waals surface area contributed by atoms with E-state index in [1.54, 1.807) is 20.9 Å². The van der Waals surface area contributed by atoms with E-state index in [1.807, 2.05) is 6.92 Å². The van der Waals surface area contributed by atoms with E-state index in [2.05, 4.69) is 5.32 Å². The van der Waals surface area contributed by atoms with E-state index in [4.69, 9.17) is 11.6 Å². The van der Waals surface area contributed by atoms with Crippen LogP contribution in [0.1, 0.15) is 20.8 Å². The topological polar surface area (TPSA) is 49.4 Å². The van der Waals surface area contributed by atoms with E-state index in [1.165, 1.54) is 4.90 Å². The van der Waals surface area contributed by atoms with Gasteiger partial charge in [-0.1, -0.05) is 0 Å². The molecule has 0 aromatic carbocycles. The van der Waals surface area contributed by atoms with Gasteiger partial charge >= 0.3 is 0 Å². The van der Waals surface area contributed by atoms with Crippen LogP contribution < -0.4 is 5.32 Å². The third-order valence-electron chi connectivity index (χ3n) is 2.01. The molecule has 0 aliphatic carbocycles. The Morgan fingerprint density at radius 1 is 1.40 bits per heavy atom. The maximum absolute atomic E-state index is 11.8. The average Bonchev–Trinajstić information content (AvgIpc) is 2.16. The van der Waals surface area contributed by atoms with Gasteiger partial charge in [-0.25, -0.2) is 0 Å². The first-order valence-corrected chi connectivity index (χ1v) is 5.46. The Balaban J connectivity index is 4.28. The molecule has 0 saturated heterocycles. The van der Waals surface area contributed by atoms with E-state index in [0.717, 1.165) is 0 Å². The Hall–Kier alpha value is -0.770. The van der Waals surface area contributed by atoms with Crippen molar-refractivity contribution in [3.63, 3.8) is 0 Å². The number of amides is 2. The Morgan fingerprint density at radius 2 is 1.93 bits per heavy atom. The molecule has 0 bridgehead atoms. The molecule has 0 aliphatic heterocycles. The predicted molar refractivity (Wildman–Crippen MR) is 60.8 cm³/mol. The fourth-order valence-electron chi connectivity index (χ4n) is 1.11. The maximum Gasteiger partial charge on any atom is 0.239 e. The second-order valence-electron chi connectivity index (χ2n) is 4.13. The number of rotatable bonds is 5. The highest BCUT2D eigenvalue weighted by atomic mass is 35.5. The number of carbonyl (C=O) groups excluding carboxylic acids is 2. The van der Waals surface area contributed by atoms with Crippen molar-refractivity contribution < 1.29 is 9.59 Å². The number of likely N-dealkylation sites (N-methyl/N-ethyl adjacent to an activating group) is 2. The van der Waals surface area contributed by atoms with Gasteiger partial charge in [0.15, 0.2) is 0 Å². The number of nitrogens with zero attached hydrogens (tertiary/aromatic N) is 1. The number of carbonyl (C=O) groups is 2. The van der Waals surface area contributed by atoms with Crippen LogP contribution in [0.3, 0.4) is 0 Å². The van der Waals surface area contributed by atoms with Crippen molar-refractivity contribution >= 4 is 23.4 Å². The normalized spacial score (nSPS) is 11.0. The molecular weight excluding hydrogens is 216 g/mol. The fourth-order valence-corrected chi connectivity index (χ4v) is 1.23. The van der Waals surface area contributed by atoms with Gasteiger partial charge in [-0.2, -0.15) is 0 Å². The molecule has 0 atom stereocenters. The molecule has 0 unspecified atom stereocenters. The van der Waals surface area contributed by atoms with Crippen molar-refractivity contribution in [1.82, 2.24) is 10.2 Å². The average molecular weight is 235 g/mol. The molecule has 0 saturated carbocycles. The van der Waals surface area contributed by atoms with Crippen molar-refractivity contribution in [2.24, 2.45) is 5.41 Å². The van der Waals surface area contributed by atoms with Gasteiger partial charge in [-0.05, 0) is 20.8 Å². The molecule has 1 N–H and O–H groups in total. The largest absolute Gasteiger partial charge is 0.355 e. The predicted octanol–water partition coefficient (Wildman–Crippen LogP) is 0.846. The molecule has 4 nitrogen and oxygen atoms in total. The molecule has 2 amide bonds. The smallest absolute Gasteiger partial charge is 0.239 e. The molecule has 88 valence electrons. The van der Waals surface area contributed by atoms with Crippen molar-refractivity contribution in [2.45, 2.75) is 20.8 Å². The Bertz CT molecular complexity index is 242. The highest BCUT2D eigenvalue weighted by Crippen LogP contribution is 2.19. The highest BCUT2D eigenvalue weighted by Gasteiger charge is 2.30. The van der Waals surface area contributed by atoms with Crippen LogP contribution in [0.5, 0.6) is 0 Å². The maximum atomic E-state index is 11.8. The highest BCUT2D eigenvalue weighted by molar-refractivity contribution is 6.19. The molecule has 5 heteroatoms. The van der Waals surface area contributed by atoms with Gasteiger partial charge in [0.2, 0.25) is 11.8 Å². The van der Waals surface area contributed by atoms with E-state index in [9.17, 15) is 9.59 Å². The molecule has 0 spiro atoms. The zero-order valence-electron chi connectivity index (χ0n) is 9.76. The van der Waals surface area contributed by atoms with Crippen LogP contribution in [-0.4, -0.2) is 42.7 Å². The van der Waals surface area contributed by atoms with E-state index in [-0.39, 0.29) is 24.2 Å². The SMILES string of the molecule is CCNC(=O)CN(C)C(=O)C(C)(C)CCl. The van der Waals surface area contributed by atoms with Crippen molar-refractivity contribution in [3.05, 3.63) is 0 Å². The lowest BCUT2D eigenvalue weighted by Crippen LogP contribution is -2.44. The summed E-state index contributed by atoms with van der Waals surface area (Å²) < 4.78 is 0. The van der Waals surface area contributed by atoms with E-state index >= 15 is 0 Å². The van der Waals surface area contributed by atoms with Crippen molar-refractivity contribution in [1.29, 1.82) is 0 Å². The molecular formula is C10H19ClN2O2. The van der Waals surface area contributed by atoms with E-state index in [0.29, 0.717) is 6.54 Å². The number of hydrogen-bond donors (Lipinski definition) is 1. The Morgan fingerprint density at radius 3 is 2.33 bits per heavy atom. The van der Waals surface area contributed by atoms with Gasteiger partial charge in [-0.3, -0.25) is 9.59 Å². The van der Waals surface area contributed by atoms with Crippen LogP contribution in [0.2, 0.25) is 0 Å². The molecule has 0 radical (unpaired) electrons. The zero-order chi connectivity index (χ0) is 12.1. The van der Waals surface area contributed by atoms with Crippen LogP contribution in [0.15, 0.2) is 0 Å². The summed E-state index contributed by atoms with van der Waals surface area (Å²) in [7, 11) is 1.60. The number of alkyl halides is 1. The molecule has 0 heterocycles. The minimum Gasteiger partial charge on any atom is -0.355 e. The monoisotopic (exact) mass is 234 g/mol. The molecule has 15 heavy (non-hydrogen) atoms. The third-order valence-corrected chi connectivity index (χ3v) is 2.68. The second kappa shape index (κ2) is 5.95. The van der Waals surface area contributed by atoms with E-state index < -0.39 is 5.41 Å². The molecule has 0 aromatic heterocycles. The van der Waals surface area contributed by atoms with Crippen LogP contribution in [0, 0.1) is 5.41 Å². The van der Waals surface area contributed by atoms with Crippen LogP contribution in [0.25, 0.3) is 0 Å². The molecule has 0 aliphatic rings. The molecule has 0 fully saturated rings. The standard InChI is InChI=1S/C10H19ClN2O2/c1-5-12-8(14)6-13(4)9(15)10(2,3)7-11/h5-7H2,1-4H3,(H,12,14). The lowest BCUT2D eigenvalue weighted by molar-refractivity contribution is -0.141. The second-order valence-corrected chi connectivity index (χ2v) is 4.40. The number of hydrogen-bond acceptors (Lipinski definition) is 2. The number of nitrogens with one attached hydrogen (secondary N) is 1. The minimum atomic E-state index is -0.622. The lowest BCUT2D eigenvalue weighted by atomic mass is 9.94. The van der Waals surface area contributed by atoms with Crippen molar-refractivity contribution in [2.75, 3.05) is 26.0 Å². The van der Waals surface area contributed by atoms with Gasteiger partial charge in [0.1, 0.15) is 0 Å². The lowest BCUT2D eigenvalue weighted by Gasteiger charge is -2.27. The summed E-state index contributed by atoms with van der Waals surface area (Å²) in [6.07, 6.45) is 0. The Kier molecular flexibility index (Phi) is 5.65. The summed E-state index contributed by atoms with van der Waals surface area (Å²) in [5.41, 5.74) is -0.622. The summed E-state index contributed by atoms with van der Waals surface area (Å²) >= 11 is 5.68. The fraction of sp³-hybridized carbons (Fsp3) is 0.800. The van der Waals surface area contributed by atoms with Crippen LogP contribution in [-0.2, 0) is 9.59 Å². The molecule has 0 rings (SSSR count). The first kappa shape index (κ1) is 14.2. The van der Waals surface area contributed by atoms with Crippen LogP contribution in [0.4, 0.5) is 0 Å². The molecule has 0 aromatic rings. The minimum absolute atomic E-state index is 0.0764. The zero-order valence-corrected chi connectivity index (χ0v) is 10.5. The van der Waals surface area contributed by atoms with Gasteiger partial charge in [0.05, 0.1) is 12.0 Å². The third kappa shape index (κ3) is 4.51. The quantitative estimate of drug-likeness (QED) is 0.717. The van der Waals surface area contributed by atoms with Gasteiger partial charge < -0.3 is 10.2 Å². The van der Waals surface area contributed by atoms with Crippen molar-refractivity contribution in [3.8, 4) is 0 Å². The van der Waals surface area contributed by atoms with Crippen LogP contribution >= 0.6 is 11.6 Å². The summed E-state index contributed by atoms with van der Waals surface area (Å²) in [5, 5.41) is 2.63. The number of halogens is 1. The van der Waals surface area contributed by atoms with Gasteiger partial charge in [-0.15, -0.1) is 11.6 Å². The summed E-state index contributed by atoms with van der Waals surface area (Å²) in [4.78, 5) is 24.4. The summed E-state index contributed by atoms with van der Waals surface area (Å²) in [5.74, 6) is -0.0338. The first-order chi connectivity index (χ1) is 6.85. The summed E-state index contributed by atoms with van der Waals surface area (Å²) in [6.45, 7) is 6.00.